The Morgan fingerprint density at radius 2 is 2.14 bits per heavy atom. The van der Waals surface area contributed by atoms with Crippen molar-refractivity contribution in [2.45, 2.75) is 0 Å². The van der Waals surface area contributed by atoms with Gasteiger partial charge in [-0.1, -0.05) is 0 Å². The molecule has 0 saturated heterocycles. The molecule has 0 aromatic heterocycles. The van der Waals surface area contributed by atoms with Crippen LogP contribution >= 0.6 is 10.8 Å². The van der Waals surface area contributed by atoms with Crippen molar-refractivity contribution in [2.75, 3.05) is 12.1 Å². The number of hydrogen-bond acceptors (Lipinski definition) is 4. The van der Waals surface area contributed by atoms with Crippen LogP contribution in [-0.4, -0.2) is 20.6 Å². The molecule has 0 saturated carbocycles. The second-order valence-electron chi connectivity index (χ2n) is 0.989. The lowest BCUT2D eigenvalue weighted by atomic mass is 11.6. The maximum Gasteiger partial charge on any atom is 0.199 e. The highest BCUT2D eigenvalue weighted by Gasteiger charge is 1.96. The predicted molar refractivity (Wildman–Crippen MR) is 31.5 cm³/mol. The summed E-state index contributed by atoms with van der Waals surface area (Å²) >= 11 is 0. The summed E-state index contributed by atoms with van der Waals surface area (Å²) in [5.74, 6) is 0.138. The lowest BCUT2D eigenvalue weighted by molar-refractivity contribution is 0.615. The average molecular weight is 141 g/mol. The van der Waals surface area contributed by atoms with E-state index in [0.717, 1.165) is 17.0 Å². The van der Waals surface area contributed by atoms with Gasteiger partial charge in [0.15, 0.2) is 8.87 Å². The van der Waals surface area contributed by atoms with E-state index in [9.17, 15) is 8.42 Å². The summed E-state index contributed by atoms with van der Waals surface area (Å²) in [5.41, 5.74) is 4.90. The molecule has 0 rings (SSSR count). The SMILES string of the molecule is CS(=O)(=O)SCN. The van der Waals surface area contributed by atoms with Gasteiger partial charge >= 0.3 is 0 Å². The van der Waals surface area contributed by atoms with Crippen LogP contribution in [0.4, 0.5) is 0 Å². The molecule has 0 atom stereocenters. The highest BCUT2D eigenvalue weighted by atomic mass is 33.1. The standard InChI is InChI=1S/C2H7NO2S2/c1-7(4,5)6-2-3/h2-3H2,1H3. The van der Waals surface area contributed by atoms with E-state index in [4.69, 9.17) is 5.73 Å². The van der Waals surface area contributed by atoms with E-state index < -0.39 is 8.87 Å². The van der Waals surface area contributed by atoms with E-state index >= 15 is 0 Å². The third kappa shape index (κ3) is 6.26. The summed E-state index contributed by atoms with van der Waals surface area (Å²) in [6.45, 7) is 0. The minimum Gasteiger partial charge on any atom is -0.321 e. The van der Waals surface area contributed by atoms with Gasteiger partial charge in [-0.25, -0.2) is 8.42 Å². The van der Waals surface area contributed by atoms with Crippen molar-refractivity contribution >= 4 is 19.7 Å². The van der Waals surface area contributed by atoms with Crippen molar-refractivity contribution in [3.63, 3.8) is 0 Å². The van der Waals surface area contributed by atoms with Crippen molar-refractivity contribution in [1.82, 2.24) is 0 Å². The quantitative estimate of drug-likeness (QED) is 0.420. The summed E-state index contributed by atoms with van der Waals surface area (Å²) in [7, 11) is -2.14. The van der Waals surface area contributed by atoms with E-state index in [0.29, 0.717) is 0 Å². The van der Waals surface area contributed by atoms with E-state index in [1.165, 1.54) is 0 Å². The van der Waals surface area contributed by atoms with E-state index in [2.05, 4.69) is 0 Å². The molecule has 7 heavy (non-hydrogen) atoms. The Kier molecular flexibility index (Phi) is 2.63. The Hall–Kier alpha value is 0.260. The Balaban J connectivity index is 3.60. The topological polar surface area (TPSA) is 60.2 Å². The van der Waals surface area contributed by atoms with Crippen LogP contribution in [0.5, 0.6) is 0 Å². The molecule has 0 unspecified atom stereocenters. The average Bonchev–Trinajstić information content (AvgIpc) is 1.30. The summed E-state index contributed by atoms with van der Waals surface area (Å²) in [6, 6.07) is 0. The molecule has 0 aromatic rings. The third-order valence-electron chi connectivity index (χ3n) is 0.282. The van der Waals surface area contributed by atoms with E-state index in [-0.39, 0.29) is 5.88 Å². The minimum atomic E-state index is -2.88. The highest BCUT2D eigenvalue weighted by molar-refractivity contribution is 8.71. The van der Waals surface area contributed by atoms with Crippen molar-refractivity contribution < 1.29 is 8.42 Å². The van der Waals surface area contributed by atoms with Crippen LogP contribution in [0.2, 0.25) is 0 Å². The molecule has 0 heterocycles. The Morgan fingerprint density at radius 3 is 2.14 bits per heavy atom. The molecule has 0 aliphatic carbocycles. The fraction of sp³-hybridized carbons (Fsp3) is 1.00. The summed E-state index contributed by atoms with van der Waals surface area (Å²) in [5, 5.41) is 0. The maximum atomic E-state index is 10.1. The number of nitrogens with two attached hydrogens (primary N) is 1. The fourth-order valence-corrected chi connectivity index (χ4v) is 1.11. The first-order chi connectivity index (χ1) is 3.06. The molecule has 0 radical (unpaired) electrons. The maximum absolute atomic E-state index is 10.1. The second kappa shape index (κ2) is 2.54. The first-order valence-corrected chi connectivity index (χ1v) is 5.00. The number of rotatable bonds is 2. The van der Waals surface area contributed by atoms with Crippen LogP contribution < -0.4 is 5.73 Å². The Bertz CT molecular complexity index is 127. The molecular formula is C2H7NO2S2. The molecule has 0 spiro atoms. The van der Waals surface area contributed by atoms with Gasteiger partial charge in [-0.15, -0.1) is 0 Å². The molecule has 5 heteroatoms. The fourth-order valence-electron chi connectivity index (χ4n) is 0.124. The molecule has 0 fully saturated rings. The van der Waals surface area contributed by atoms with Gasteiger partial charge in [0.05, 0.1) is 5.88 Å². The molecule has 0 aromatic carbocycles. The van der Waals surface area contributed by atoms with Gasteiger partial charge in [-0.05, 0) is 10.8 Å². The zero-order valence-corrected chi connectivity index (χ0v) is 5.55. The smallest absolute Gasteiger partial charge is 0.199 e. The zero-order chi connectivity index (χ0) is 5.91. The van der Waals surface area contributed by atoms with Crippen LogP contribution in [0.25, 0.3) is 0 Å². The van der Waals surface area contributed by atoms with E-state index in [1.807, 2.05) is 0 Å². The van der Waals surface area contributed by atoms with E-state index in [1.54, 1.807) is 0 Å². The summed E-state index contributed by atoms with van der Waals surface area (Å²) in [6.07, 6.45) is 1.13. The minimum absolute atomic E-state index is 0.138. The van der Waals surface area contributed by atoms with Gasteiger partial charge in [0.1, 0.15) is 0 Å². The van der Waals surface area contributed by atoms with Crippen LogP contribution in [0.3, 0.4) is 0 Å². The van der Waals surface area contributed by atoms with Gasteiger partial charge in [-0.2, -0.15) is 0 Å². The third-order valence-corrected chi connectivity index (χ3v) is 2.54. The van der Waals surface area contributed by atoms with Crippen molar-refractivity contribution in [1.29, 1.82) is 0 Å². The molecular weight excluding hydrogens is 134 g/mol. The molecule has 0 bridgehead atoms. The lowest BCUT2D eigenvalue weighted by Crippen LogP contribution is -1.97. The Labute approximate surface area is 46.6 Å². The molecule has 0 aliphatic rings. The Morgan fingerprint density at radius 1 is 1.71 bits per heavy atom. The molecule has 3 nitrogen and oxygen atoms in total. The van der Waals surface area contributed by atoms with Crippen molar-refractivity contribution in [3.8, 4) is 0 Å². The monoisotopic (exact) mass is 141 g/mol. The van der Waals surface area contributed by atoms with Crippen molar-refractivity contribution in [2.24, 2.45) is 5.73 Å². The van der Waals surface area contributed by atoms with Crippen LogP contribution in [0, 0.1) is 0 Å². The second-order valence-corrected chi connectivity index (χ2v) is 5.49. The van der Waals surface area contributed by atoms with Gasteiger partial charge in [0, 0.05) is 6.26 Å². The molecule has 2 N–H and O–H groups in total. The lowest BCUT2D eigenvalue weighted by Gasteiger charge is -1.87. The van der Waals surface area contributed by atoms with Crippen LogP contribution in [0.1, 0.15) is 0 Å². The first-order valence-electron chi connectivity index (χ1n) is 1.61. The van der Waals surface area contributed by atoms with Crippen LogP contribution in [-0.2, 0) is 8.87 Å². The summed E-state index contributed by atoms with van der Waals surface area (Å²) in [4.78, 5) is 0. The van der Waals surface area contributed by atoms with Gasteiger partial charge < -0.3 is 5.73 Å². The van der Waals surface area contributed by atoms with Gasteiger partial charge in [0.2, 0.25) is 0 Å². The summed E-state index contributed by atoms with van der Waals surface area (Å²) < 4.78 is 20.2. The zero-order valence-electron chi connectivity index (χ0n) is 3.92. The highest BCUT2D eigenvalue weighted by Crippen LogP contribution is 2.03. The molecule has 44 valence electrons. The molecule has 0 aliphatic heterocycles. The van der Waals surface area contributed by atoms with Gasteiger partial charge in [0.25, 0.3) is 0 Å². The predicted octanol–water partition coefficient (Wildman–Crippen LogP) is -0.405. The van der Waals surface area contributed by atoms with Crippen molar-refractivity contribution in [3.05, 3.63) is 0 Å². The normalized spacial score (nSPS) is 11.7. The largest absolute Gasteiger partial charge is 0.321 e. The molecule has 0 amide bonds. The van der Waals surface area contributed by atoms with Crippen LogP contribution in [0.15, 0.2) is 0 Å². The number of hydrogen-bond donors (Lipinski definition) is 1. The van der Waals surface area contributed by atoms with Gasteiger partial charge in [-0.3, -0.25) is 0 Å². The first kappa shape index (κ1) is 7.26.